The molecule has 0 aliphatic carbocycles. The van der Waals surface area contributed by atoms with Crippen LogP contribution in [-0.2, 0) is 4.84 Å². The van der Waals surface area contributed by atoms with Gasteiger partial charge in [-0.1, -0.05) is 0 Å². The van der Waals surface area contributed by atoms with E-state index in [1.807, 2.05) is 0 Å². The third-order valence-corrected chi connectivity index (χ3v) is 1.64. The van der Waals surface area contributed by atoms with Gasteiger partial charge in [-0.05, 0) is 12.1 Å². The normalized spacial score (nSPS) is 9.57. The van der Waals surface area contributed by atoms with E-state index in [0.717, 1.165) is 0 Å². The molecular formula is C9H11NO4. The molecule has 0 radical (unpaired) electrons. The zero-order chi connectivity index (χ0) is 10.6. The molecule has 0 spiro atoms. The van der Waals surface area contributed by atoms with Crippen molar-refractivity contribution in [3.8, 4) is 11.5 Å². The molecule has 0 aliphatic heterocycles. The quantitative estimate of drug-likeness (QED) is 0.699. The van der Waals surface area contributed by atoms with E-state index >= 15 is 0 Å². The number of hydrogen-bond acceptors (Lipinski definition) is 4. The van der Waals surface area contributed by atoms with Crippen molar-refractivity contribution in [2.24, 2.45) is 0 Å². The summed E-state index contributed by atoms with van der Waals surface area (Å²) in [5.41, 5.74) is 2.23. The average Bonchev–Trinajstić information content (AvgIpc) is 2.17. The highest BCUT2D eigenvalue weighted by molar-refractivity contribution is 5.96. The highest BCUT2D eigenvalue weighted by Gasteiger charge is 2.10. The van der Waals surface area contributed by atoms with Gasteiger partial charge in [0.05, 0.1) is 19.8 Å². The average molecular weight is 197 g/mol. The second-order valence-corrected chi connectivity index (χ2v) is 2.52. The van der Waals surface area contributed by atoms with Gasteiger partial charge in [0.2, 0.25) is 0 Å². The fourth-order valence-electron chi connectivity index (χ4n) is 0.978. The maximum Gasteiger partial charge on any atom is 0.278 e. The van der Waals surface area contributed by atoms with Crippen molar-refractivity contribution in [1.82, 2.24) is 5.48 Å². The van der Waals surface area contributed by atoms with Gasteiger partial charge in [0.25, 0.3) is 5.91 Å². The second kappa shape index (κ2) is 4.48. The number of carbonyl (C=O) groups excluding carboxylic acids is 1. The van der Waals surface area contributed by atoms with Crippen LogP contribution in [0.2, 0.25) is 0 Å². The maximum atomic E-state index is 11.2. The van der Waals surface area contributed by atoms with Gasteiger partial charge < -0.3 is 9.84 Å². The van der Waals surface area contributed by atoms with Gasteiger partial charge in [-0.2, -0.15) is 0 Å². The van der Waals surface area contributed by atoms with Gasteiger partial charge >= 0.3 is 0 Å². The number of hydroxylamine groups is 1. The lowest BCUT2D eigenvalue weighted by atomic mass is 10.2. The molecule has 0 bridgehead atoms. The molecule has 14 heavy (non-hydrogen) atoms. The molecule has 5 heteroatoms. The number of amides is 1. The molecule has 0 heterocycles. The number of methoxy groups -OCH3 is 1. The van der Waals surface area contributed by atoms with Crippen molar-refractivity contribution in [2.45, 2.75) is 0 Å². The largest absolute Gasteiger partial charge is 0.507 e. The Labute approximate surface area is 81.2 Å². The Kier molecular flexibility index (Phi) is 3.30. The van der Waals surface area contributed by atoms with Gasteiger partial charge in [-0.3, -0.25) is 9.63 Å². The van der Waals surface area contributed by atoms with Crippen LogP contribution in [0, 0.1) is 0 Å². The molecule has 1 amide bonds. The summed E-state index contributed by atoms with van der Waals surface area (Å²) >= 11 is 0. The highest BCUT2D eigenvalue weighted by atomic mass is 16.6. The summed E-state index contributed by atoms with van der Waals surface area (Å²) in [5.74, 6) is -0.178. The third kappa shape index (κ3) is 2.14. The van der Waals surface area contributed by atoms with E-state index in [1.165, 1.54) is 26.4 Å². The van der Waals surface area contributed by atoms with Crippen LogP contribution in [0.1, 0.15) is 10.4 Å². The van der Waals surface area contributed by atoms with E-state index in [2.05, 4.69) is 10.3 Å². The monoisotopic (exact) mass is 197 g/mol. The Morgan fingerprint density at radius 1 is 1.43 bits per heavy atom. The molecule has 0 unspecified atom stereocenters. The number of ether oxygens (including phenoxy) is 1. The minimum absolute atomic E-state index is 0.132. The standard InChI is InChI=1S/C9H11NO4/c1-13-6-3-4-7(8(11)5-6)9(12)10-14-2/h3-5,11H,1-2H3,(H,10,12). The van der Waals surface area contributed by atoms with E-state index < -0.39 is 5.91 Å². The van der Waals surface area contributed by atoms with Crippen LogP contribution in [0.3, 0.4) is 0 Å². The van der Waals surface area contributed by atoms with E-state index in [0.29, 0.717) is 5.75 Å². The summed E-state index contributed by atoms with van der Waals surface area (Å²) in [6.45, 7) is 0. The smallest absolute Gasteiger partial charge is 0.278 e. The highest BCUT2D eigenvalue weighted by Crippen LogP contribution is 2.22. The predicted molar refractivity (Wildman–Crippen MR) is 49.1 cm³/mol. The Hall–Kier alpha value is -1.75. The van der Waals surface area contributed by atoms with Crippen LogP contribution in [-0.4, -0.2) is 25.2 Å². The van der Waals surface area contributed by atoms with Gasteiger partial charge in [0, 0.05) is 6.07 Å². The van der Waals surface area contributed by atoms with E-state index in [-0.39, 0.29) is 11.3 Å². The number of aromatic hydroxyl groups is 1. The number of rotatable bonds is 3. The summed E-state index contributed by atoms with van der Waals surface area (Å²) in [5, 5.41) is 9.42. The summed E-state index contributed by atoms with van der Waals surface area (Å²) in [6.07, 6.45) is 0. The number of hydrogen-bond donors (Lipinski definition) is 2. The lowest BCUT2D eigenvalue weighted by molar-refractivity contribution is 0.0535. The fraction of sp³-hybridized carbons (Fsp3) is 0.222. The molecule has 1 aromatic carbocycles. The van der Waals surface area contributed by atoms with E-state index in [1.54, 1.807) is 6.07 Å². The first-order chi connectivity index (χ1) is 6.69. The lowest BCUT2D eigenvalue weighted by Gasteiger charge is -2.05. The maximum absolute atomic E-state index is 11.2. The minimum atomic E-state index is -0.507. The zero-order valence-corrected chi connectivity index (χ0v) is 7.90. The number of phenolic OH excluding ortho intramolecular Hbond substituents is 1. The Morgan fingerprint density at radius 2 is 2.14 bits per heavy atom. The molecule has 1 rings (SSSR count). The predicted octanol–water partition coefficient (Wildman–Crippen LogP) is 0.692. The summed E-state index contributed by atoms with van der Waals surface area (Å²) in [4.78, 5) is 15.7. The Balaban J connectivity index is 2.94. The molecule has 0 aliphatic rings. The molecule has 1 aromatic rings. The number of phenols is 1. The van der Waals surface area contributed by atoms with Crippen molar-refractivity contribution in [1.29, 1.82) is 0 Å². The molecule has 0 atom stereocenters. The van der Waals surface area contributed by atoms with Crippen LogP contribution in [0.25, 0.3) is 0 Å². The summed E-state index contributed by atoms with van der Waals surface area (Å²) in [6, 6.07) is 4.37. The number of benzene rings is 1. The van der Waals surface area contributed by atoms with Crippen molar-refractivity contribution in [3.63, 3.8) is 0 Å². The van der Waals surface area contributed by atoms with Gasteiger partial charge in [-0.15, -0.1) is 0 Å². The summed E-state index contributed by atoms with van der Waals surface area (Å²) in [7, 11) is 2.79. The van der Waals surface area contributed by atoms with Crippen LogP contribution >= 0.6 is 0 Å². The summed E-state index contributed by atoms with van der Waals surface area (Å²) < 4.78 is 4.87. The molecule has 0 aromatic heterocycles. The van der Waals surface area contributed by atoms with Crippen molar-refractivity contribution in [2.75, 3.05) is 14.2 Å². The lowest BCUT2D eigenvalue weighted by Crippen LogP contribution is -2.21. The SMILES string of the molecule is CONC(=O)c1ccc(OC)cc1O. The molecule has 0 fully saturated rings. The zero-order valence-electron chi connectivity index (χ0n) is 7.90. The molecular weight excluding hydrogens is 186 g/mol. The van der Waals surface area contributed by atoms with Crippen LogP contribution in [0.15, 0.2) is 18.2 Å². The van der Waals surface area contributed by atoms with Gasteiger partial charge in [-0.25, -0.2) is 5.48 Å². The topological polar surface area (TPSA) is 67.8 Å². The van der Waals surface area contributed by atoms with Crippen molar-refractivity contribution < 1.29 is 19.5 Å². The van der Waals surface area contributed by atoms with Gasteiger partial charge in [0.15, 0.2) is 0 Å². The first-order valence-electron chi connectivity index (χ1n) is 3.89. The van der Waals surface area contributed by atoms with Crippen molar-refractivity contribution >= 4 is 5.91 Å². The van der Waals surface area contributed by atoms with Crippen LogP contribution in [0.4, 0.5) is 0 Å². The number of carbonyl (C=O) groups is 1. The molecule has 2 N–H and O–H groups in total. The number of nitrogens with one attached hydrogen (secondary N) is 1. The fourth-order valence-corrected chi connectivity index (χ4v) is 0.978. The molecule has 76 valence electrons. The first-order valence-corrected chi connectivity index (χ1v) is 3.89. The minimum Gasteiger partial charge on any atom is -0.507 e. The molecule has 5 nitrogen and oxygen atoms in total. The molecule has 0 saturated carbocycles. The van der Waals surface area contributed by atoms with Gasteiger partial charge in [0.1, 0.15) is 11.5 Å². The molecule has 0 saturated heterocycles. The van der Waals surface area contributed by atoms with Crippen molar-refractivity contribution in [3.05, 3.63) is 23.8 Å². The van der Waals surface area contributed by atoms with E-state index in [9.17, 15) is 9.90 Å². The van der Waals surface area contributed by atoms with E-state index in [4.69, 9.17) is 4.74 Å². The Bertz CT molecular complexity index is 338. The van der Waals surface area contributed by atoms with Crippen LogP contribution < -0.4 is 10.2 Å². The first kappa shape index (κ1) is 10.3. The second-order valence-electron chi connectivity index (χ2n) is 2.52. The Morgan fingerprint density at radius 3 is 2.64 bits per heavy atom. The van der Waals surface area contributed by atoms with Crippen LogP contribution in [0.5, 0.6) is 11.5 Å². The third-order valence-electron chi connectivity index (χ3n) is 1.64.